The number of nitrogens with zero attached hydrogens (tertiary/aromatic N) is 4. The van der Waals surface area contributed by atoms with Crippen molar-refractivity contribution in [2.75, 3.05) is 25.5 Å². The van der Waals surface area contributed by atoms with Crippen molar-refractivity contribution in [1.29, 1.82) is 0 Å². The fourth-order valence-corrected chi connectivity index (χ4v) is 7.52. The Balaban J connectivity index is 1.07. The van der Waals surface area contributed by atoms with Crippen molar-refractivity contribution >= 4 is 63.1 Å². The Morgan fingerprint density at radius 3 is 2.48 bits per heavy atom. The minimum atomic E-state index is -1.21. The number of nitrogens with one attached hydrogen (secondary N) is 1. The number of halogens is 2. The number of anilines is 2. The van der Waals surface area contributed by atoms with Crippen molar-refractivity contribution in [3.8, 4) is 16.9 Å². The molecule has 2 heterocycles. The van der Waals surface area contributed by atoms with Crippen molar-refractivity contribution in [3.05, 3.63) is 100 Å². The number of benzene rings is 4. The van der Waals surface area contributed by atoms with E-state index in [2.05, 4.69) is 20.5 Å². The van der Waals surface area contributed by atoms with Crippen molar-refractivity contribution in [3.63, 3.8) is 0 Å². The van der Waals surface area contributed by atoms with Gasteiger partial charge < -0.3 is 24.2 Å². The third-order valence-electron chi connectivity index (χ3n) is 7.87. The second kappa shape index (κ2) is 14.1. The molecule has 1 N–H and O–H groups in total. The van der Waals surface area contributed by atoms with E-state index in [0.29, 0.717) is 64.3 Å². The van der Waals surface area contributed by atoms with Gasteiger partial charge in [0.25, 0.3) is 0 Å². The van der Waals surface area contributed by atoms with Crippen LogP contribution in [0.4, 0.5) is 16.4 Å². The van der Waals surface area contributed by atoms with Crippen LogP contribution in [0.1, 0.15) is 24.0 Å². The molecule has 1 aliphatic rings. The van der Waals surface area contributed by atoms with Crippen LogP contribution in [-0.4, -0.2) is 56.2 Å². The maximum absolute atomic E-state index is 13.3. The van der Waals surface area contributed by atoms with Crippen LogP contribution in [0.25, 0.3) is 22.2 Å². The number of hydrogen-bond donors (Lipinski definition) is 1. The first kappa shape index (κ1) is 31.9. The number of carbonyl (C=O) groups is 1. The molecule has 12 heteroatoms. The summed E-state index contributed by atoms with van der Waals surface area (Å²) in [5, 5.41) is 12.7. The molecule has 0 spiro atoms. The molecule has 1 unspecified atom stereocenters. The largest absolute Gasteiger partial charge is 0.611 e. The Hall–Kier alpha value is -4.09. The summed E-state index contributed by atoms with van der Waals surface area (Å²) in [6.07, 6.45) is 0.942. The second-order valence-corrected chi connectivity index (χ2v) is 13.4. The number of ether oxygens (including phenoxy) is 2. The van der Waals surface area contributed by atoms with Crippen LogP contribution in [0.2, 0.25) is 10.0 Å². The smallest absolute Gasteiger partial charge is 0.410 e. The fourth-order valence-electron chi connectivity index (χ4n) is 5.42. The lowest BCUT2D eigenvalue weighted by Crippen LogP contribution is -2.42. The van der Waals surface area contributed by atoms with Crippen LogP contribution in [0, 0.1) is 6.92 Å². The monoisotopic (exact) mass is 675 g/mol. The lowest BCUT2D eigenvalue weighted by molar-refractivity contribution is 0.0897. The Bertz CT molecular complexity index is 1860. The van der Waals surface area contributed by atoms with Gasteiger partial charge in [0.15, 0.2) is 4.90 Å². The van der Waals surface area contributed by atoms with Crippen molar-refractivity contribution in [1.82, 2.24) is 20.1 Å². The van der Waals surface area contributed by atoms with Crippen LogP contribution in [0.3, 0.4) is 0 Å². The zero-order chi connectivity index (χ0) is 32.2. The van der Waals surface area contributed by atoms with Gasteiger partial charge in [0.05, 0.1) is 22.7 Å². The standard InChI is InChI=1S/C34H31Cl2N5O4S/c1-21-18-23(30-27(35)12-13-29(44-2)31(30)36)19-28-32(21)38-33(40-39-28)37-24-8-10-25(11-9-24)46(43)26-14-16-41(17-15-26)34(42)45-20-22-6-4-3-5-7-22/h3-13,18-19,26H,14-17,20H2,1-2H3,(H,37,38,40). The van der Waals surface area contributed by atoms with Gasteiger partial charge in [-0.25, -0.2) is 9.78 Å². The van der Waals surface area contributed by atoms with E-state index in [1.165, 1.54) is 0 Å². The maximum atomic E-state index is 13.3. The molecule has 236 valence electrons. The summed E-state index contributed by atoms with van der Waals surface area (Å²) in [6.45, 7) is 3.20. The Labute approximate surface area is 280 Å². The third-order valence-corrected chi connectivity index (χ3v) is 10.4. The van der Waals surface area contributed by atoms with Crippen LogP contribution in [0.5, 0.6) is 5.75 Å². The number of piperidine rings is 1. The molecule has 0 aliphatic carbocycles. The predicted octanol–water partition coefficient (Wildman–Crippen LogP) is 7.97. The summed E-state index contributed by atoms with van der Waals surface area (Å²) in [5.41, 5.74) is 5.28. The molecule has 0 bridgehead atoms. The molecule has 1 saturated heterocycles. The van der Waals surface area contributed by atoms with E-state index in [4.69, 9.17) is 32.7 Å². The van der Waals surface area contributed by atoms with Crippen molar-refractivity contribution < 1.29 is 18.8 Å². The van der Waals surface area contributed by atoms with Crippen molar-refractivity contribution in [2.24, 2.45) is 0 Å². The molecule has 9 nitrogen and oxygen atoms in total. The van der Waals surface area contributed by atoms with Gasteiger partial charge in [-0.15, -0.1) is 10.2 Å². The number of carbonyl (C=O) groups excluding carboxylic acids is 1. The number of fused-ring (bicyclic) bond motifs is 1. The lowest BCUT2D eigenvalue weighted by Gasteiger charge is -2.32. The number of rotatable bonds is 8. The van der Waals surface area contributed by atoms with Gasteiger partial charge in [-0.3, -0.25) is 0 Å². The number of methoxy groups -OCH3 is 1. The van der Waals surface area contributed by atoms with Crippen LogP contribution in [-0.2, 0) is 22.5 Å². The summed E-state index contributed by atoms with van der Waals surface area (Å²) in [6, 6.07) is 24.2. The first-order valence-electron chi connectivity index (χ1n) is 14.7. The Kier molecular flexibility index (Phi) is 9.79. The third kappa shape index (κ3) is 7.00. The first-order valence-corrected chi connectivity index (χ1v) is 16.7. The van der Waals surface area contributed by atoms with E-state index in [1.54, 1.807) is 24.1 Å². The minimum absolute atomic E-state index is 0.0420. The zero-order valence-electron chi connectivity index (χ0n) is 25.2. The molecule has 1 amide bonds. The average molecular weight is 677 g/mol. The summed E-state index contributed by atoms with van der Waals surface area (Å²) in [7, 11) is 1.56. The van der Waals surface area contributed by atoms with Crippen LogP contribution in [0.15, 0.2) is 83.8 Å². The fraction of sp³-hybridized carbons (Fsp3) is 0.235. The molecule has 1 fully saturated rings. The molecule has 0 saturated carbocycles. The average Bonchev–Trinajstić information content (AvgIpc) is 3.08. The van der Waals surface area contributed by atoms with Gasteiger partial charge in [-0.1, -0.05) is 53.5 Å². The molecular formula is C34H31Cl2N5O4S. The molecule has 46 heavy (non-hydrogen) atoms. The highest BCUT2D eigenvalue weighted by Crippen LogP contribution is 2.41. The van der Waals surface area contributed by atoms with E-state index in [-0.39, 0.29) is 18.0 Å². The Morgan fingerprint density at radius 2 is 1.76 bits per heavy atom. The van der Waals surface area contributed by atoms with E-state index in [0.717, 1.165) is 27.3 Å². The highest BCUT2D eigenvalue weighted by atomic mass is 35.5. The topological polar surface area (TPSA) is 113 Å². The Morgan fingerprint density at radius 1 is 1.02 bits per heavy atom. The molecule has 5 aromatic rings. The number of aromatic nitrogens is 3. The van der Waals surface area contributed by atoms with Gasteiger partial charge in [0.2, 0.25) is 5.95 Å². The summed E-state index contributed by atoms with van der Waals surface area (Å²) in [4.78, 5) is 19.6. The summed E-state index contributed by atoms with van der Waals surface area (Å²) >= 11 is 11.9. The molecule has 1 aliphatic heterocycles. The number of hydrogen-bond acceptors (Lipinski definition) is 8. The highest BCUT2D eigenvalue weighted by Gasteiger charge is 2.32. The normalized spacial score (nSPS) is 14.2. The minimum Gasteiger partial charge on any atom is -0.611 e. The second-order valence-electron chi connectivity index (χ2n) is 10.9. The quantitative estimate of drug-likeness (QED) is 0.165. The van der Waals surface area contributed by atoms with E-state index in [1.807, 2.05) is 73.7 Å². The summed E-state index contributed by atoms with van der Waals surface area (Å²) < 4.78 is 24.2. The molecule has 1 atom stereocenters. The van der Waals surface area contributed by atoms with E-state index in [9.17, 15) is 9.35 Å². The first-order chi connectivity index (χ1) is 22.3. The predicted molar refractivity (Wildman–Crippen MR) is 181 cm³/mol. The molecular weight excluding hydrogens is 645 g/mol. The zero-order valence-corrected chi connectivity index (χ0v) is 27.5. The molecule has 6 rings (SSSR count). The SMILES string of the molecule is COc1ccc(Cl)c(-c2cc(C)c3nc(Nc4ccc([S+]([O-])C5CCN(C(=O)OCc6ccccc6)CC5)cc4)nnc3c2)c1Cl. The van der Waals surface area contributed by atoms with Gasteiger partial charge >= 0.3 is 6.09 Å². The van der Waals surface area contributed by atoms with Crippen LogP contribution < -0.4 is 10.1 Å². The highest BCUT2D eigenvalue weighted by molar-refractivity contribution is 7.92. The van der Waals surface area contributed by atoms with Crippen LogP contribution >= 0.6 is 23.2 Å². The van der Waals surface area contributed by atoms with Gasteiger partial charge in [-0.05, 0) is 83.3 Å². The van der Waals surface area contributed by atoms with Gasteiger partial charge in [-0.2, -0.15) is 0 Å². The number of likely N-dealkylation sites (tertiary alicyclic amines) is 1. The maximum Gasteiger partial charge on any atom is 0.410 e. The van der Waals surface area contributed by atoms with E-state index >= 15 is 0 Å². The number of aryl methyl sites for hydroxylation is 1. The van der Waals surface area contributed by atoms with Gasteiger partial charge in [0.1, 0.15) is 23.1 Å². The molecule has 0 radical (unpaired) electrons. The van der Waals surface area contributed by atoms with Gasteiger partial charge in [0, 0.05) is 37.2 Å². The van der Waals surface area contributed by atoms with E-state index < -0.39 is 11.2 Å². The lowest BCUT2D eigenvalue weighted by atomic mass is 10.0. The van der Waals surface area contributed by atoms with Crippen molar-refractivity contribution in [2.45, 2.75) is 36.5 Å². The molecule has 1 aromatic heterocycles. The summed E-state index contributed by atoms with van der Waals surface area (Å²) in [5.74, 6) is 0.862. The molecule has 4 aromatic carbocycles. The number of amides is 1.